The molecule has 9 nitrogen and oxygen atoms in total. The third-order valence-corrected chi connectivity index (χ3v) is 5.60. The minimum atomic E-state index is -1.48. The van der Waals surface area contributed by atoms with E-state index in [1.807, 2.05) is 20.1 Å². The van der Waals surface area contributed by atoms with E-state index >= 15 is 0 Å². The Morgan fingerprint density at radius 1 is 1.42 bits per heavy atom. The number of rotatable bonds is 5. The van der Waals surface area contributed by atoms with Crippen LogP contribution in [0.25, 0.3) is 11.2 Å². The summed E-state index contributed by atoms with van der Waals surface area (Å²) < 4.78 is 7.51. The second kappa shape index (κ2) is 7.12. The highest BCUT2D eigenvalue weighted by Crippen LogP contribution is 2.41. The molecule has 1 saturated heterocycles. The normalized spacial score (nSPS) is 29.8. The van der Waals surface area contributed by atoms with E-state index in [9.17, 15) is 15.3 Å². The number of aromatic nitrogens is 4. The average molecular weight is 381 g/mol. The van der Waals surface area contributed by atoms with Gasteiger partial charge in [-0.3, -0.25) is 4.57 Å². The van der Waals surface area contributed by atoms with Gasteiger partial charge in [-0.1, -0.05) is 13.8 Å². The minimum absolute atomic E-state index is 0.164. The first-order valence-corrected chi connectivity index (χ1v) is 9.43. The smallest absolute Gasteiger partial charge is 0.197 e. The topological polar surface area (TPSA) is 140 Å². The molecule has 5 N–H and O–H groups in total. The van der Waals surface area contributed by atoms with Crippen molar-refractivity contribution in [3.05, 3.63) is 23.6 Å². The number of fused-ring (bicyclic) bond motifs is 1. The predicted octanol–water partition coefficient (Wildman–Crippen LogP) is 0.0771. The van der Waals surface area contributed by atoms with Gasteiger partial charge in [-0.15, -0.1) is 11.8 Å². The van der Waals surface area contributed by atoms with E-state index in [0.717, 1.165) is 4.91 Å². The van der Waals surface area contributed by atoms with Gasteiger partial charge in [0.2, 0.25) is 0 Å². The van der Waals surface area contributed by atoms with Crippen molar-refractivity contribution in [2.24, 2.45) is 5.92 Å². The molecule has 0 saturated carbocycles. The number of nitrogens with zero attached hydrogens (tertiary/aromatic N) is 4. The summed E-state index contributed by atoms with van der Waals surface area (Å²) in [6.07, 6.45) is 2.86. The second-order valence-corrected chi connectivity index (χ2v) is 7.36. The van der Waals surface area contributed by atoms with E-state index in [4.69, 9.17) is 10.5 Å². The summed E-state index contributed by atoms with van der Waals surface area (Å²) in [6.45, 7) is 3.60. The number of aliphatic hydroxyl groups is 3. The van der Waals surface area contributed by atoms with Crippen molar-refractivity contribution in [3.8, 4) is 0 Å². The largest absolute Gasteiger partial charge is 0.394 e. The number of allylic oxidation sites excluding steroid dienone is 1. The Hall–Kier alpha value is -1.72. The van der Waals surface area contributed by atoms with Gasteiger partial charge >= 0.3 is 0 Å². The molecule has 10 heteroatoms. The van der Waals surface area contributed by atoms with Gasteiger partial charge in [-0.05, 0) is 23.2 Å². The fourth-order valence-electron chi connectivity index (χ4n) is 3.14. The molecule has 2 aromatic heterocycles. The highest BCUT2D eigenvalue weighted by atomic mass is 32.2. The molecular formula is C16H23N5O4S. The van der Waals surface area contributed by atoms with Crippen LogP contribution < -0.4 is 5.73 Å². The summed E-state index contributed by atoms with van der Waals surface area (Å²) in [5, 5.41) is 30.8. The molecule has 0 aliphatic carbocycles. The molecule has 2 aromatic rings. The van der Waals surface area contributed by atoms with Crippen LogP contribution in [0.2, 0.25) is 0 Å². The zero-order valence-corrected chi connectivity index (χ0v) is 15.6. The van der Waals surface area contributed by atoms with Gasteiger partial charge in [-0.25, -0.2) is 15.0 Å². The Balaban J connectivity index is 2.26. The number of hydrogen-bond donors (Lipinski definition) is 4. The van der Waals surface area contributed by atoms with Gasteiger partial charge in [0.25, 0.3) is 0 Å². The summed E-state index contributed by atoms with van der Waals surface area (Å²) >= 11 is 1.52. The second-order valence-electron chi connectivity index (χ2n) is 6.48. The van der Waals surface area contributed by atoms with Crippen molar-refractivity contribution in [1.29, 1.82) is 0 Å². The lowest BCUT2D eigenvalue weighted by Gasteiger charge is -2.32. The van der Waals surface area contributed by atoms with Crippen molar-refractivity contribution in [3.63, 3.8) is 0 Å². The lowest BCUT2D eigenvalue weighted by molar-refractivity contribution is -0.110. The van der Waals surface area contributed by atoms with Crippen LogP contribution in [0.4, 0.5) is 5.82 Å². The van der Waals surface area contributed by atoms with Crippen molar-refractivity contribution >= 4 is 28.7 Å². The molecule has 1 aliphatic heterocycles. The lowest BCUT2D eigenvalue weighted by atomic mass is 10.00. The van der Waals surface area contributed by atoms with E-state index < -0.39 is 30.6 Å². The average Bonchev–Trinajstić information content (AvgIpc) is 3.16. The lowest BCUT2D eigenvalue weighted by Crippen LogP contribution is -2.44. The van der Waals surface area contributed by atoms with Crippen LogP contribution >= 0.6 is 11.8 Å². The highest BCUT2D eigenvalue weighted by molar-refractivity contribution is 8.02. The van der Waals surface area contributed by atoms with Crippen LogP contribution in [-0.4, -0.2) is 66.0 Å². The first kappa shape index (κ1) is 19.1. The SMILES string of the molecule is CSC(=C[C@@]1(n2cnc3c(N)ncnc32)O[C@H](CO)[C@@H](O)[C@H]1O)C(C)C. The van der Waals surface area contributed by atoms with Crippen LogP contribution in [0.15, 0.2) is 23.6 Å². The Morgan fingerprint density at radius 2 is 2.15 bits per heavy atom. The Kier molecular flexibility index (Phi) is 5.22. The van der Waals surface area contributed by atoms with E-state index in [1.54, 1.807) is 6.08 Å². The third kappa shape index (κ3) is 2.87. The molecule has 3 heterocycles. The van der Waals surface area contributed by atoms with Crippen molar-refractivity contribution in [2.75, 3.05) is 18.6 Å². The zero-order chi connectivity index (χ0) is 19.1. The number of nitrogen functional groups attached to an aromatic ring is 1. The number of nitrogens with two attached hydrogens (primary N) is 1. The fourth-order valence-corrected chi connectivity index (χ4v) is 3.90. The third-order valence-electron chi connectivity index (χ3n) is 4.54. The Morgan fingerprint density at radius 3 is 2.73 bits per heavy atom. The van der Waals surface area contributed by atoms with E-state index in [-0.39, 0.29) is 11.7 Å². The molecule has 1 aliphatic rings. The number of anilines is 1. The monoisotopic (exact) mass is 381 g/mol. The molecule has 0 amide bonds. The molecular weight excluding hydrogens is 358 g/mol. The summed E-state index contributed by atoms with van der Waals surface area (Å²) in [5.41, 5.74) is 5.11. The van der Waals surface area contributed by atoms with Crippen LogP contribution in [-0.2, 0) is 10.5 Å². The van der Waals surface area contributed by atoms with Gasteiger partial charge < -0.3 is 25.8 Å². The maximum atomic E-state index is 10.9. The predicted molar refractivity (Wildman–Crippen MR) is 98.1 cm³/mol. The highest BCUT2D eigenvalue weighted by Gasteiger charge is 2.55. The molecule has 0 radical (unpaired) electrons. The van der Waals surface area contributed by atoms with E-state index in [1.165, 1.54) is 29.0 Å². The number of aliphatic hydroxyl groups excluding tert-OH is 3. The molecule has 0 unspecified atom stereocenters. The number of thioether (sulfide) groups is 1. The first-order chi connectivity index (χ1) is 12.4. The summed E-state index contributed by atoms with van der Waals surface area (Å²) in [5.74, 6) is 0.367. The van der Waals surface area contributed by atoms with Gasteiger partial charge in [0, 0.05) is 0 Å². The Bertz CT molecular complexity index is 826. The Labute approximate surface area is 154 Å². The quantitative estimate of drug-likeness (QED) is 0.567. The number of hydrogen-bond acceptors (Lipinski definition) is 9. The van der Waals surface area contributed by atoms with Gasteiger partial charge in [0.05, 0.1) is 12.9 Å². The number of ether oxygens (including phenoxy) is 1. The molecule has 142 valence electrons. The first-order valence-electron chi connectivity index (χ1n) is 8.21. The fraction of sp³-hybridized carbons (Fsp3) is 0.562. The van der Waals surface area contributed by atoms with Crippen LogP contribution in [0, 0.1) is 5.92 Å². The van der Waals surface area contributed by atoms with E-state index in [2.05, 4.69) is 15.0 Å². The van der Waals surface area contributed by atoms with Crippen molar-refractivity contribution in [2.45, 2.75) is 37.9 Å². The van der Waals surface area contributed by atoms with Crippen LogP contribution in [0.1, 0.15) is 13.8 Å². The minimum Gasteiger partial charge on any atom is -0.394 e. The molecule has 26 heavy (non-hydrogen) atoms. The molecule has 0 spiro atoms. The van der Waals surface area contributed by atoms with Gasteiger partial charge in [0.1, 0.15) is 30.2 Å². The maximum absolute atomic E-state index is 10.9. The summed E-state index contributed by atoms with van der Waals surface area (Å²) in [7, 11) is 0. The molecule has 0 aromatic carbocycles. The molecule has 4 atom stereocenters. The van der Waals surface area contributed by atoms with E-state index in [0.29, 0.717) is 11.2 Å². The summed E-state index contributed by atoms with van der Waals surface area (Å²) in [6, 6.07) is 0. The van der Waals surface area contributed by atoms with Gasteiger partial charge in [0.15, 0.2) is 17.2 Å². The van der Waals surface area contributed by atoms with Crippen LogP contribution in [0.3, 0.4) is 0 Å². The van der Waals surface area contributed by atoms with Crippen LogP contribution in [0.5, 0.6) is 0 Å². The standard InChI is InChI=1S/C16H23N5O4S/c1-8(2)10(26-3)4-16(13(24)12(23)9(5-22)25-16)21-7-20-11-14(17)18-6-19-15(11)21/h4,6-9,12-13,22-24H,5H2,1-3H3,(H2,17,18,19)/t9-,12-,13-,16-/m1/s1. The summed E-state index contributed by atoms with van der Waals surface area (Å²) in [4.78, 5) is 13.3. The molecule has 1 fully saturated rings. The molecule has 0 bridgehead atoms. The molecule has 3 rings (SSSR count). The maximum Gasteiger partial charge on any atom is 0.197 e. The van der Waals surface area contributed by atoms with Crippen molar-refractivity contribution < 1.29 is 20.1 Å². The van der Waals surface area contributed by atoms with Gasteiger partial charge in [-0.2, -0.15) is 0 Å². The van der Waals surface area contributed by atoms with Crippen molar-refractivity contribution in [1.82, 2.24) is 19.5 Å². The zero-order valence-electron chi connectivity index (χ0n) is 14.8. The number of imidazole rings is 1.